The predicted octanol–water partition coefficient (Wildman–Crippen LogP) is 3.01. The van der Waals surface area contributed by atoms with Crippen LogP contribution in [0.15, 0.2) is 16.7 Å². The summed E-state index contributed by atoms with van der Waals surface area (Å²) in [7, 11) is 4.16. The van der Waals surface area contributed by atoms with Crippen LogP contribution in [0.5, 0.6) is 0 Å². The van der Waals surface area contributed by atoms with E-state index in [2.05, 4.69) is 23.3 Å². The Morgan fingerprint density at radius 3 is 2.83 bits per heavy atom. The summed E-state index contributed by atoms with van der Waals surface area (Å²) in [5, 5.41) is 3.14. The maximum absolute atomic E-state index is 5.60. The van der Waals surface area contributed by atoms with Crippen molar-refractivity contribution in [2.75, 3.05) is 20.6 Å². The molecular formula is C15H26N2O. The third-order valence-corrected chi connectivity index (χ3v) is 3.81. The first-order valence-corrected chi connectivity index (χ1v) is 7.17. The Kier molecular flexibility index (Phi) is 5.26. The smallest absolute Gasteiger partial charge is 0.118 e. The normalized spacial score (nSPS) is 17.5. The van der Waals surface area contributed by atoms with Gasteiger partial charge in [-0.2, -0.15) is 0 Å². The molecule has 1 N–H and O–H groups in total. The van der Waals surface area contributed by atoms with Gasteiger partial charge in [-0.1, -0.05) is 19.3 Å². The summed E-state index contributed by atoms with van der Waals surface area (Å²) in [6.45, 7) is 3.03. The largest absolute Gasteiger partial charge is 0.468 e. The van der Waals surface area contributed by atoms with Crippen LogP contribution in [0.3, 0.4) is 0 Å². The summed E-state index contributed by atoms with van der Waals surface area (Å²) >= 11 is 0. The SMILES string of the molecule is CNCc1coc(CN(C)CC2CCCCC2)c1. The Morgan fingerprint density at radius 1 is 1.33 bits per heavy atom. The summed E-state index contributed by atoms with van der Waals surface area (Å²) in [5.74, 6) is 1.98. The van der Waals surface area contributed by atoms with Crippen LogP contribution in [-0.2, 0) is 13.1 Å². The minimum Gasteiger partial charge on any atom is -0.468 e. The Balaban J connectivity index is 1.76. The van der Waals surface area contributed by atoms with Gasteiger partial charge in [0.1, 0.15) is 5.76 Å². The van der Waals surface area contributed by atoms with Gasteiger partial charge in [-0.15, -0.1) is 0 Å². The average molecular weight is 250 g/mol. The molecule has 1 fully saturated rings. The van der Waals surface area contributed by atoms with Crippen LogP contribution in [0, 0.1) is 5.92 Å². The van der Waals surface area contributed by atoms with Crippen LogP contribution in [0.1, 0.15) is 43.4 Å². The molecule has 1 aromatic rings. The molecule has 2 rings (SSSR count). The predicted molar refractivity (Wildman–Crippen MR) is 74.4 cm³/mol. The summed E-state index contributed by atoms with van der Waals surface area (Å²) in [6, 6.07) is 2.16. The Hall–Kier alpha value is -0.800. The van der Waals surface area contributed by atoms with E-state index in [1.807, 2.05) is 13.3 Å². The number of nitrogens with zero attached hydrogens (tertiary/aromatic N) is 1. The standard InChI is InChI=1S/C15H26N2O/c1-16-9-14-8-15(18-12-14)11-17(2)10-13-6-4-3-5-7-13/h8,12-13,16H,3-7,9-11H2,1-2H3. The van der Waals surface area contributed by atoms with Gasteiger partial charge in [0.2, 0.25) is 0 Å². The number of hydrogen-bond acceptors (Lipinski definition) is 3. The topological polar surface area (TPSA) is 28.4 Å². The van der Waals surface area contributed by atoms with Gasteiger partial charge in [-0.3, -0.25) is 4.90 Å². The van der Waals surface area contributed by atoms with E-state index in [-0.39, 0.29) is 0 Å². The highest BCUT2D eigenvalue weighted by atomic mass is 16.3. The molecule has 102 valence electrons. The van der Waals surface area contributed by atoms with Crippen LogP contribution in [-0.4, -0.2) is 25.5 Å². The Morgan fingerprint density at radius 2 is 2.11 bits per heavy atom. The lowest BCUT2D eigenvalue weighted by molar-refractivity contribution is 0.216. The van der Waals surface area contributed by atoms with E-state index >= 15 is 0 Å². The molecule has 0 aromatic carbocycles. The van der Waals surface area contributed by atoms with Gasteiger partial charge in [0.25, 0.3) is 0 Å². The summed E-state index contributed by atoms with van der Waals surface area (Å²) in [5.41, 5.74) is 1.23. The van der Waals surface area contributed by atoms with Crippen molar-refractivity contribution in [3.8, 4) is 0 Å². The molecular weight excluding hydrogens is 224 g/mol. The van der Waals surface area contributed by atoms with Gasteiger partial charge < -0.3 is 9.73 Å². The third kappa shape index (κ3) is 4.14. The van der Waals surface area contributed by atoms with E-state index in [9.17, 15) is 0 Å². The van der Waals surface area contributed by atoms with Gasteiger partial charge in [-0.25, -0.2) is 0 Å². The average Bonchev–Trinajstić information content (AvgIpc) is 2.78. The van der Waals surface area contributed by atoms with Crippen LogP contribution in [0.25, 0.3) is 0 Å². The molecule has 0 aliphatic heterocycles. The summed E-state index contributed by atoms with van der Waals surface area (Å²) in [4.78, 5) is 2.40. The molecule has 0 spiro atoms. The van der Waals surface area contributed by atoms with Crippen molar-refractivity contribution in [2.45, 2.75) is 45.2 Å². The zero-order valence-corrected chi connectivity index (χ0v) is 11.7. The maximum Gasteiger partial charge on any atom is 0.118 e. The van der Waals surface area contributed by atoms with E-state index in [1.54, 1.807) is 0 Å². The minimum absolute atomic E-state index is 0.885. The molecule has 1 aliphatic rings. The van der Waals surface area contributed by atoms with Crippen molar-refractivity contribution < 1.29 is 4.42 Å². The fourth-order valence-corrected chi connectivity index (χ4v) is 2.95. The van der Waals surface area contributed by atoms with Crippen LogP contribution >= 0.6 is 0 Å². The number of rotatable bonds is 6. The second-order valence-corrected chi connectivity index (χ2v) is 5.65. The molecule has 1 aliphatic carbocycles. The maximum atomic E-state index is 5.60. The highest BCUT2D eigenvalue weighted by molar-refractivity contribution is 5.12. The second-order valence-electron chi connectivity index (χ2n) is 5.65. The second kappa shape index (κ2) is 6.95. The van der Waals surface area contributed by atoms with Crippen LogP contribution in [0.4, 0.5) is 0 Å². The highest BCUT2D eigenvalue weighted by Gasteiger charge is 2.16. The molecule has 1 saturated carbocycles. The summed E-state index contributed by atoms with van der Waals surface area (Å²) < 4.78 is 5.60. The molecule has 0 bridgehead atoms. The van der Waals surface area contributed by atoms with Crippen LogP contribution < -0.4 is 5.32 Å². The zero-order valence-electron chi connectivity index (χ0n) is 11.7. The first-order valence-electron chi connectivity index (χ1n) is 7.17. The number of hydrogen-bond donors (Lipinski definition) is 1. The van der Waals surface area contributed by atoms with Gasteiger partial charge in [0.05, 0.1) is 12.8 Å². The molecule has 0 unspecified atom stereocenters. The van der Waals surface area contributed by atoms with Gasteiger partial charge in [0, 0.05) is 18.7 Å². The lowest BCUT2D eigenvalue weighted by Crippen LogP contribution is -2.26. The summed E-state index contributed by atoms with van der Waals surface area (Å²) in [6.07, 6.45) is 8.96. The van der Waals surface area contributed by atoms with Crippen molar-refractivity contribution >= 4 is 0 Å². The molecule has 3 heteroatoms. The first kappa shape index (κ1) is 13.6. The van der Waals surface area contributed by atoms with Crippen LogP contribution in [0.2, 0.25) is 0 Å². The minimum atomic E-state index is 0.885. The molecule has 0 amide bonds. The molecule has 0 radical (unpaired) electrons. The quantitative estimate of drug-likeness (QED) is 0.841. The van der Waals surface area contributed by atoms with E-state index in [0.29, 0.717) is 0 Å². The van der Waals surface area contributed by atoms with Gasteiger partial charge >= 0.3 is 0 Å². The molecule has 1 heterocycles. The molecule has 1 aromatic heterocycles. The molecule has 3 nitrogen and oxygen atoms in total. The van der Waals surface area contributed by atoms with Crippen molar-refractivity contribution in [1.82, 2.24) is 10.2 Å². The van der Waals surface area contributed by atoms with Crippen molar-refractivity contribution in [2.24, 2.45) is 5.92 Å². The van der Waals surface area contributed by atoms with Gasteiger partial charge in [0.15, 0.2) is 0 Å². The Labute approximate surface area is 111 Å². The zero-order chi connectivity index (χ0) is 12.8. The number of nitrogens with one attached hydrogen (secondary N) is 1. The fraction of sp³-hybridized carbons (Fsp3) is 0.733. The lowest BCUT2D eigenvalue weighted by atomic mass is 9.89. The first-order chi connectivity index (χ1) is 8.78. The third-order valence-electron chi connectivity index (χ3n) is 3.81. The van der Waals surface area contributed by atoms with Crippen molar-refractivity contribution in [1.29, 1.82) is 0 Å². The molecule has 0 saturated heterocycles. The lowest BCUT2D eigenvalue weighted by Gasteiger charge is -2.26. The van der Waals surface area contributed by atoms with E-state index < -0.39 is 0 Å². The Bertz CT molecular complexity index is 342. The van der Waals surface area contributed by atoms with E-state index in [4.69, 9.17) is 4.42 Å². The van der Waals surface area contributed by atoms with Crippen molar-refractivity contribution in [3.63, 3.8) is 0 Å². The highest BCUT2D eigenvalue weighted by Crippen LogP contribution is 2.24. The van der Waals surface area contributed by atoms with E-state index in [1.165, 1.54) is 44.2 Å². The fourth-order valence-electron chi connectivity index (χ4n) is 2.95. The van der Waals surface area contributed by atoms with E-state index in [0.717, 1.165) is 24.8 Å². The van der Waals surface area contributed by atoms with Crippen molar-refractivity contribution in [3.05, 3.63) is 23.7 Å². The monoisotopic (exact) mass is 250 g/mol. The number of furan rings is 1. The van der Waals surface area contributed by atoms with Gasteiger partial charge in [-0.05, 0) is 38.9 Å². The molecule has 18 heavy (non-hydrogen) atoms. The molecule has 0 atom stereocenters.